The van der Waals surface area contributed by atoms with Gasteiger partial charge in [-0.3, -0.25) is 4.79 Å². The number of carbonyl (C=O) groups excluding carboxylic acids is 1. The molecule has 0 radical (unpaired) electrons. The highest BCUT2D eigenvalue weighted by molar-refractivity contribution is 7.13. The lowest BCUT2D eigenvalue weighted by Gasteiger charge is -2.37. The summed E-state index contributed by atoms with van der Waals surface area (Å²) in [4.78, 5) is 20.3. The number of hydrogen-bond donors (Lipinski definition) is 0. The molecule has 144 valence electrons. The zero-order chi connectivity index (χ0) is 19.5. The Morgan fingerprint density at radius 3 is 2.75 bits per heavy atom. The van der Waals surface area contributed by atoms with Gasteiger partial charge in [-0.1, -0.05) is 36.4 Å². The summed E-state index contributed by atoms with van der Waals surface area (Å²) in [5, 5.41) is 0.807. The first kappa shape index (κ1) is 18.7. The molecular weight excluding hydrogens is 372 g/mol. The second-order valence-corrected chi connectivity index (χ2v) is 7.86. The lowest BCUT2D eigenvalue weighted by Crippen LogP contribution is -2.38. The maximum absolute atomic E-state index is 13.4. The van der Waals surface area contributed by atoms with Crippen molar-refractivity contribution in [3.63, 3.8) is 0 Å². The van der Waals surface area contributed by atoms with Crippen LogP contribution in [0.2, 0.25) is 0 Å². The molecule has 1 aliphatic heterocycles. The normalized spacial score (nSPS) is 15.9. The fraction of sp³-hybridized carbons (Fsp3) is 0.273. The minimum absolute atomic E-state index is 0.00201. The van der Waals surface area contributed by atoms with Crippen LogP contribution in [0.3, 0.4) is 0 Å². The van der Waals surface area contributed by atoms with Gasteiger partial charge in [0.05, 0.1) is 26.0 Å². The molecule has 3 aromatic rings. The first-order valence-electron chi connectivity index (χ1n) is 9.15. The van der Waals surface area contributed by atoms with Gasteiger partial charge < -0.3 is 14.4 Å². The maximum Gasteiger partial charge on any atom is 0.266 e. The Labute approximate surface area is 168 Å². The molecule has 0 N–H and O–H groups in total. The Bertz CT molecular complexity index is 971. The molecule has 1 aromatic heterocycles. The van der Waals surface area contributed by atoms with Gasteiger partial charge in [-0.2, -0.15) is 0 Å². The van der Waals surface area contributed by atoms with E-state index in [0.717, 1.165) is 28.3 Å². The molecule has 1 atom stereocenters. The number of carbonyl (C=O) groups is 1. The molecule has 0 bridgehead atoms. The average molecular weight is 394 g/mol. The van der Waals surface area contributed by atoms with Crippen LogP contribution in [0.5, 0.6) is 5.75 Å². The van der Waals surface area contributed by atoms with Crippen molar-refractivity contribution in [2.75, 3.05) is 14.2 Å². The van der Waals surface area contributed by atoms with Crippen molar-refractivity contribution >= 4 is 17.2 Å². The Kier molecular flexibility index (Phi) is 5.41. The Morgan fingerprint density at radius 2 is 2.00 bits per heavy atom. The summed E-state index contributed by atoms with van der Waals surface area (Å²) >= 11 is 1.39. The molecule has 1 amide bonds. The predicted molar refractivity (Wildman–Crippen MR) is 109 cm³/mol. The van der Waals surface area contributed by atoms with Gasteiger partial charge in [0.15, 0.2) is 0 Å². The third-order valence-corrected chi connectivity index (χ3v) is 5.98. The molecule has 1 unspecified atom stereocenters. The molecule has 2 aromatic carbocycles. The quantitative estimate of drug-likeness (QED) is 0.650. The van der Waals surface area contributed by atoms with E-state index >= 15 is 0 Å². The Balaban J connectivity index is 1.70. The second kappa shape index (κ2) is 8.12. The van der Waals surface area contributed by atoms with Gasteiger partial charge >= 0.3 is 0 Å². The first-order chi connectivity index (χ1) is 13.7. The second-order valence-electron chi connectivity index (χ2n) is 6.75. The van der Waals surface area contributed by atoms with Gasteiger partial charge in [-0.15, -0.1) is 11.3 Å². The van der Waals surface area contributed by atoms with Crippen LogP contribution in [-0.4, -0.2) is 30.0 Å². The molecule has 1 aliphatic rings. The van der Waals surface area contributed by atoms with E-state index in [2.05, 4.69) is 23.2 Å². The molecule has 0 saturated carbocycles. The van der Waals surface area contributed by atoms with Crippen LogP contribution < -0.4 is 4.74 Å². The van der Waals surface area contributed by atoms with E-state index in [-0.39, 0.29) is 11.9 Å². The van der Waals surface area contributed by atoms with E-state index in [1.54, 1.807) is 20.4 Å². The van der Waals surface area contributed by atoms with Gasteiger partial charge in [0, 0.05) is 13.7 Å². The van der Waals surface area contributed by atoms with E-state index in [9.17, 15) is 4.79 Å². The summed E-state index contributed by atoms with van der Waals surface area (Å²) in [7, 11) is 3.29. The predicted octanol–water partition coefficient (Wildman–Crippen LogP) is 4.24. The van der Waals surface area contributed by atoms with Gasteiger partial charge in [0.1, 0.15) is 15.6 Å². The van der Waals surface area contributed by atoms with Gasteiger partial charge in [0.2, 0.25) is 0 Å². The molecule has 5 nitrogen and oxygen atoms in total. The van der Waals surface area contributed by atoms with Crippen LogP contribution in [0.25, 0.3) is 0 Å². The smallest absolute Gasteiger partial charge is 0.266 e. The Hall–Kier alpha value is -2.70. The van der Waals surface area contributed by atoms with E-state index in [4.69, 9.17) is 9.47 Å². The summed E-state index contributed by atoms with van der Waals surface area (Å²) in [6.07, 6.45) is 2.43. The molecule has 6 heteroatoms. The summed E-state index contributed by atoms with van der Waals surface area (Å²) in [6, 6.07) is 16.3. The maximum atomic E-state index is 13.4. The fourth-order valence-electron chi connectivity index (χ4n) is 3.61. The highest BCUT2D eigenvalue weighted by Gasteiger charge is 2.32. The molecule has 0 saturated heterocycles. The van der Waals surface area contributed by atoms with Gasteiger partial charge in [-0.25, -0.2) is 4.98 Å². The van der Waals surface area contributed by atoms with E-state index in [1.165, 1.54) is 16.9 Å². The van der Waals surface area contributed by atoms with Crippen LogP contribution in [0, 0.1) is 0 Å². The molecule has 28 heavy (non-hydrogen) atoms. The lowest BCUT2D eigenvalue weighted by molar-refractivity contribution is 0.0642. The van der Waals surface area contributed by atoms with Crippen LogP contribution >= 0.6 is 11.3 Å². The third-order valence-electron chi connectivity index (χ3n) is 5.02. The number of ether oxygens (including phenoxy) is 2. The average Bonchev–Trinajstić information content (AvgIpc) is 3.21. The van der Waals surface area contributed by atoms with Crippen LogP contribution in [0.4, 0.5) is 0 Å². The van der Waals surface area contributed by atoms with Crippen molar-refractivity contribution in [3.8, 4) is 5.75 Å². The first-order valence-corrected chi connectivity index (χ1v) is 9.96. The minimum Gasteiger partial charge on any atom is -0.497 e. The standard InChI is InChI=1S/C22H22N2O3S/c1-26-14-21-23-12-20(28-21)22(25)24-13-17-10-18(27-2)9-8-16(17)11-19(24)15-6-4-3-5-7-15/h3-10,12,19H,11,13-14H2,1-2H3. The number of amides is 1. The molecular formula is C22H22N2O3S. The summed E-state index contributed by atoms with van der Waals surface area (Å²) in [6.45, 7) is 0.961. The van der Waals surface area contributed by atoms with Gasteiger partial charge in [-0.05, 0) is 35.2 Å². The number of aromatic nitrogens is 1. The summed E-state index contributed by atoms with van der Waals surface area (Å²) in [5.41, 5.74) is 3.52. The van der Waals surface area contributed by atoms with E-state index in [0.29, 0.717) is 18.0 Å². The zero-order valence-corrected chi connectivity index (χ0v) is 16.7. The number of thiazole rings is 1. The highest BCUT2D eigenvalue weighted by Crippen LogP contribution is 2.36. The molecule has 2 heterocycles. The van der Waals surface area contributed by atoms with Crippen molar-refractivity contribution in [2.24, 2.45) is 0 Å². The molecule has 0 aliphatic carbocycles. The van der Waals surface area contributed by atoms with Crippen molar-refractivity contribution in [1.29, 1.82) is 0 Å². The monoisotopic (exact) mass is 394 g/mol. The summed E-state index contributed by atoms with van der Waals surface area (Å²) in [5.74, 6) is 0.812. The van der Waals surface area contributed by atoms with Crippen LogP contribution in [-0.2, 0) is 24.3 Å². The topological polar surface area (TPSA) is 51.7 Å². The summed E-state index contributed by atoms with van der Waals surface area (Å²) < 4.78 is 10.5. The Morgan fingerprint density at radius 1 is 1.18 bits per heavy atom. The highest BCUT2D eigenvalue weighted by atomic mass is 32.1. The number of nitrogens with zero attached hydrogens (tertiary/aromatic N) is 2. The number of hydrogen-bond acceptors (Lipinski definition) is 5. The SMILES string of the molecule is COCc1ncc(C(=O)N2Cc3cc(OC)ccc3CC2c2ccccc2)s1. The van der Waals surface area contributed by atoms with Crippen molar-refractivity contribution in [3.05, 3.63) is 81.3 Å². The van der Waals surface area contributed by atoms with Gasteiger partial charge in [0.25, 0.3) is 5.91 Å². The largest absolute Gasteiger partial charge is 0.497 e. The number of benzene rings is 2. The van der Waals surface area contributed by atoms with Crippen molar-refractivity contribution in [2.45, 2.75) is 25.6 Å². The number of methoxy groups -OCH3 is 2. The molecule has 0 spiro atoms. The number of fused-ring (bicyclic) bond motifs is 1. The van der Waals surface area contributed by atoms with E-state index in [1.807, 2.05) is 35.2 Å². The molecule has 0 fully saturated rings. The minimum atomic E-state index is -0.0115. The molecule has 4 rings (SSSR count). The lowest BCUT2D eigenvalue weighted by atomic mass is 9.89. The van der Waals surface area contributed by atoms with E-state index < -0.39 is 0 Å². The fourth-order valence-corrected chi connectivity index (χ4v) is 4.46. The van der Waals surface area contributed by atoms with Crippen molar-refractivity contribution in [1.82, 2.24) is 9.88 Å². The number of rotatable bonds is 5. The van der Waals surface area contributed by atoms with Crippen molar-refractivity contribution < 1.29 is 14.3 Å². The van der Waals surface area contributed by atoms with Crippen LogP contribution in [0.1, 0.15) is 37.4 Å². The zero-order valence-electron chi connectivity index (χ0n) is 15.9. The van der Waals surface area contributed by atoms with Crippen LogP contribution in [0.15, 0.2) is 54.7 Å². The third kappa shape index (κ3) is 3.66.